The summed E-state index contributed by atoms with van der Waals surface area (Å²) < 4.78 is 5.10. The highest BCUT2D eigenvalue weighted by atomic mass is 16.5. The van der Waals surface area contributed by atoms with Crippen molar-refractivity contribution < 1.29 is 4.74 Å². The molecule has 0 radical (unpaired) electrons. The molecule has 1 atom stereocenters. The smallest absolute Gasteiger partial charge is 0.0589 e. The van der Waals surface area contributed by atoms with Crippen LogP contribution in [0.15, 0.2) is 0 Å². The fourth-order valence-corrected chi connectivity index (χ4v) is 1.99. The van der Waals surface area contributed by atoms with E-state index in [4.69, 9.17) is 4.74 Å². The number of hydrogen-bond donors (Lipinski definition) is 0. The normalized spacial score (nSPS) is 21.8. The summed E-state index contributed by atoms with van der Waals surface area (Å²) in [4.78, 5) is 5.09. The second kappa shape index (κ2) is 7.20. The highest BCUT2D eigenvalue weighted by Crippen LogP contribution is 2.07. The van der Waals surface area contributed by atoms with E-state index in [0.717, 1.165) is 19.1 Å². The molecule has 3 heteroatoms. The summed E-state index contributed by atoms with van der Waals surface area (Å²) in [6.07, 6.45) is 1.30. The molecule has 0 aromatic rings. The molecule has 1 aliphatic heterocycles. The third kappa shape index (κ3) is 4.96. The third-order valence-corrected chi connectivity index (χ3v) is 3.34. The first-order valence-electron chi connectivity index (χ1n) is 6.20. The maximum Gasteiger partial charge on any atom is 0.0589 e. The summed E-state index contributed by atoms with van der Waals surface area (Å²) in [5, 5.41) is 0. The van der Waals surface area contributed by atoms with Gasteiger partial charge in [0.15, 0.2) is 0 Å². The Labute approximate surface area is 94.4 Å². The van der Waals surface area contributed by atoms with Gasteiger partial charge in [-0.15, -0.1) is 0 Å². The van der Waals surface area contributed by atoms with E-state index >= 15 is 0 Å². The van der Waals surface area contributed by atoms with Crippen LogP contribution in [0, 0.1) is 5.92 Å². The standard InChI is InChI=1S/C12H26N2O/c1-4-12(2)11-14-7-5-13(6-8-14)9-10-15-3/h12H,4-11H2,1-3H3. The number of hydrogen-bond acceptors (Lipinski definition) is 3. The second-order valence-electron chi connectivity index (χ2n) is 4.65. The monoisotopic (exact) mass is 214 g/mol. The van der Waals surface area contributed by atoms with Gasteiger partial charge in [0.2, 0.25) is 0 Å². The molecule has 0 saturated carbocycles. The molecule has 3 nitrogen and oxygen atoms in total. The van der Waals surface area contributed by atoms with Crippen molar-refractivity contribution in [2.45, 2.75) is 20.3 Å². The van der Waals surface area contributed by atoms with Gasteiger partial charge < -0.3 is 9.64 Å². The number of methoxy groups -OCH3 is 1. The number of ether oxygens (including phenoxy) is 1. The predicted octanol–water partition coefficient (Wildman–Crippen LogP) is 1.30. The van der Waals surface area contributed by atoms with E-state index in [1.165, 1.54) is 39.1 Å². The van der Waals surface area contributed by atoms with Gasteiger partial charge in [-0.2, -0.15) is 0 Å². The Morgan fingerprint density at radius 2 is 1.73 bits per heavy atom. The molecule has 1 aliphatic rings. The van der Waals surface area contributed by atoms with Crippen LogP contribution in [-0.2, 0) is 4.74 Å². The van der Waals surface area contributed by atoms with Crippen molar-refractivity contribution in [1.82, 2.24) is 9.80 Å². The van der Waals surface area contributed by atoms with Gasteiger partial charge in [0, 0.05) is 46.4 Å². The Hall–Kier alpha value is -0.120. The fourth-order valence-electron chi connectivity index (χ4n) is 1.99. The third-order valence-electron chi connectivity index (χ3n) is 3.34. The van der Waals surface area contributed by atoms with Crippen LogP contribution >= 0.6 is 0 Å². The topological polar surface area (TPSA) is 15.7 Å². The van der Waals surface area contributed by atoms with Gasteiger partial charge in [0.1, 0.15) is 0 Å². The molecule has 1 fully saturated rings. The van der Waals surface area contributed by atoms with Crippen molar-refractivity contribution >= 4 is 0 Å². The average Bonchev–Trinajstić information content (AvgIpc) is 2.28. The summed E-state index contributed by atoms with van der Waals surface area (Å²) in [5.41, 5.74) is 0. The van der Waals surface area contributed by atoms with Crippen LogP contribution in [0.3, 0.4) is 0 Å². The lowest BCUT2D eigenvalue weighted by Gasteiger charge is -2.35. The summed E-state index contributed by atoms with van der Waals surface area (Å²) >= 11 is 0. The van der Waals surface area contributed by atoms with Crippen LogP contribution in [0.5, 0.6) is 0 Å². The van der Waals surface area contributed by atoms with E-state index in [0.29, 0.717) is 0 Å². The molecule has 1 unspecified atom stereocenters. The van der Waals surface area contributed by atoms with E-state index in [9.17, 15) is 0 Å². The summed E-state index contributed by atoms with van der Waals surface area (Å²) in [6.45, 7) is 12.7. The molecule has 1 saturated heterocycles. The Kier molecular flexibility index (Phi) is 6.22. The molecule has 90 valence electrons. The van der Waals surface area contributed by atoms with Crippen LogP contribution in [-0.4, -0.2) is 62.8 Å². The van der Waals surface area contributed by atoms with E-state index in [1.54, 1.807) is 7.11 Å². The molecule has 0 amide bonds. The van der Waals surface area contributed by atoms with E-state index in [2.05, 4.69) is 23.6 Å². The molecule has 0 bridgehead atoms. The highest BCUT2D eigenvalue weighted by Gasteiger charge is 2.17. The molecular formula is C12H26N2O. The van der Waals surface area contributed by atoms with Crippen molar-refractivity contribution in [3.63, 3.8) is 0 Å². The minimum absolute atomic E-state index is 0.843. The van der Waals surface area contributed by atoms with Gasteiger partial charge >= 0.3 is 0 Å². The first-order chi connectivity index (χ1) is 7.26. The molecule has 0 aromatic carbocycles. The molecule has 1 rings (SSSR count). The van der Waals surface area contributed by atoms with Crippen LogP contribution in [0.2, 0.25) is 0 Å². The zero-order chi connectivity index (χ0) is 11.1. The van der Waals surface area contributed by atoms with Gasteiger partial charge in [0.05, 0.1) is 6.61 Å². The van der Waals surface area contributed by atoms with E-state index < -0.39 is 0 Å². The first-order valence-corrected chi connectivity index (χ1v) is 6.20. The van der Waals surface area contributed by atoms with Crippen molar-refractivity contribution in [2.24, 2.45) is 5.92 Å². The van der Waals surface area contributed by atoms with Crippen LogP contribution in [0.1, 0.15) is 20.3 Å². The van der Waals surface area contributed by atoms with E-state index in [1.807, 2.05) is 0 Å². The fraction of sp³-hybridized carbons (Fsp3) is 1.00. The quantitative estimate of drug-likeness (QED) is 0.663. The van der Waals surface area contributed by atoms with Crippen LogP contribution < -0.4 is 0 Å². The first kappa shape index (κ1) is 12.9. The number of nitrogens with zero attached hydrogens (tertiary/aromatic N) is 2. The average molecular weight is 214 g/mol. The van der Waals surface area contributed by atoms with Crippen molar-refractivity contribution in [2.75, 3.05) is 53.0 Å². The van der Waals surface area contributed by atoms with Gasteiger partial charge in [-0.05, 0) is 5.92 Å². The van der Waals surface area contributed by atoms with Crippen LogP contribution in [0.4, 0.5) is 0 Å². The molecule has 15 heavy (non-hydrogen) atoms. The largest absolute Gasteiger partial charge is 0.383 e. The van der Waals surface area contributed by atoms with Crippen molar-refractivity contribution in [3.8, 4) is 0 Å². The highest BCUT2D eigenvalue weighted by molar-refractivity contribution is 4.72. The Morgan fingerprint density at radius 1 is 1.13 bits per heavy atom. The van der Waals surface area contributed by atoms with Gasteiger partial charge in [-0.3, -0.25) is 4.90 Å². The van der Waals surface area contributed by atoms with Gasteiger partial charge in [-0.25, -0.2) is 0 Å². The molecule has 0 aromatic heterocycles. The Balaban J connectivity index is 2.12. The molecule has 0 aliphatic carbocycles. The molecule has 0 N–H and O–H groups in total. The Morgan fingerprint density at radius 3 is 2.27 bits per heavy atom. The zero-order valence-electron chi connectivity index (χ0n) is 10.5. The minimum Gasteiger partial charge on any atom is -0.383 e. The predicted molar refractivity (Wildman–Crippen MR) is 64.2 cm³/mol. The lowest BCUT2D eigenvalue weighted by atomic mass is 10.1. The maximum atomic E-state index is 5.10. The minimum atomic E-state index is 0.843. The number of rotatable bonds is 6. The van der Waals surface area contributed by atoms with Crippen molar-refractivity contribution in [3.05, 3.63) is 0 Å². The molecule has 1 heterocycles. The van der Waals surface area contributed by atoms with Gasteiger partial charge in [0.25, 0.3) is 0 Å². The summed E-state index contributed by atoms with van der Waals surface area (Å²) in [7, 11) is 1.78. The zero-order valence-corrected chi connectivity index (χ0v) is 10.5. The molecular weight excluding hydrogens is 188 g/mol. The molecule has 0 spiro atoms. The lowest BCUT2D eigenvalue weighted by Crippen LogP contribution is -2.48. The second-order valence-corrected chi connectivity index (χ2v) is 4.65. The Bertz CT molecular complexity index is 156. The lowest BCUT2D eigenvalue weighted by molar-refractivity contribution is 0.0900. The van der Waals surface area contributed by atoms with Gasteiger partial charge in [-0.1, -0.05) is 20.3 Å². The van der Waals surface area contributed by atoms with Crippen LogP contribution in [0.25, 0.3) is 0 Å². The number of piperazine rings is 1. The summed E-state index contributed by atoms with van der Waals surface area (Å²) in [6, 6.07) is 0. The summed E-state index contributed by atoms with van der Waals surface area (Å²) in [5.74, 6) is 0.843. The SMILES string of the molecule is CCC(C)CN1CCN(CCOC)CC1. The van der Waals surface area contributed by atoms with Crippen molar-refractivity contribution in [1.29, 1.82) is 0 Å². The maximum absolute atomic E-state index is 5.10. The van der Waals surface area contributed by atoms with E-state index in [-0.39, 0.29) is 0 Å².